The van der Waals surface area contributed by atoms with Crippen LogP contribution in [0.15, 0.2) is 30.3 Å². The van der Waals surface area contributed by atoms with Crippen LogP contribution < -0.4 is 0 Å². The maximum atomic E-state index is 5.85. The van der Waals surface area contributed by atoms with Crippen molar-refractivity contribution >= 4 is 0 Å². The van der Waals surface area contributed by atoms with Crippen molar-refractivity contribution in [3.63, 3.8) is 0 Å². The van der Waals surface area contributed by atoms with E-state index in [1.165, 1.54) is 5.56 Å². The molecule has 2 saturated heterocycles. The van der Waals surface area contributed by atoms with Crippen LogP contribution in [0.4, 0.5) is 0 Å². The van der Waals surface area contributed by atoms with Gasteiger partial charge in [-0.1, -0.05) is 30.3 Å². The number of rotatable bonds is 5. The summed E-state index contributed by atoms with van der Waals surface area (Å²) in [5, 5.41) is 0. The Morgan fingerprint density at radius 1 is 1.17 bits per heavy atom. The van der Waals surface area contributed by atoms with Crippen molar-refractivity contribution in [2.45, 2.75) is 31.6 Å². The number of benzene rings is 1. The van der Waals surface area contributed by atoms with Crippen LogP contribution in [0, 0.1) is 0 Å². The number of epoxide rings is 1. The van der Waals surface area contributed by atoms with Crippen LogP contribution in [-0.2, 0) is 16.0 Å². The molecule has 1 aromatic rings. The average Bonchev–Trinajstić information content (AvgIpc) is 3.23. The summed E-state index contributed by atoms with van der Waals surface area (Å²) in [6.07, 6.45) is 3.15. The lowest BCUT2D eigenvalue weighted by molar-refractivity contribution is -0.000560. The lowest BCUT2D eigenvalue weighted by Crippen LogP contribution is -2.37. The number of ether oxygens (including phenoxy) is 2. The zero-order chi connectivity index (χ0) is 12.2. The predicted octanol–water partition coefficient (Wildman–Crippen LogP) is 2.07. The predicted molar refractivity (Wildman–Crippen MR) is 70.4 cm³/mol. The molecule has 2 heterocycles. The van der Waals surface area contributed by atoms with Gasteiger partial charge in [0.1, 0.15) is 6.10 Å². The summed E-state index contributed by atoms with van der Waals surface area (Å²) < 4.78 is 11.0. The van der Waals surface area contributed by atoms with Crippen LogP contribution in [0.1, 0.15) is 18.4 Å². The summed E-state index contributed by atoms with van der Waals surface area (Å²) in [6, 6.07) is 10.7. The van der Waals surface area contributed by atoms with Crippen molar-refractivity contribution < 1.29 is 9.47 Å². The molecule has 0 aromatic heterocycles. The first kappa shape index (κ1) is 12.2. The lowest BCUT2D eigenvalue weighted by atomic mass is 10.1. The molecule has 1 aromatic carbocycles. The normalized spacial score (nSPS) is 25.2. The van der Waals surface area contributed by atoms with Crippen LogP contribution in [-0.4, -0.2) is 43.4 Å². The molecule has 0 radical (unpaired) electrons. The second-order valence-corrected chi connectivity index (χ2v) is 5.25. The fraction of sp³-hybridized carbons (Fsp3) is 0.600. The first-order chi connectivity index (χ1) is 8.90. The molecule has 2 aliphatic rings. The quantitative estimate of drug-likeness (QED) is 0.745. The largest absolute Gasteiger partial charge is 0.375 e. The molecule has 2 fully saturated rings. The van der Waals surface area contributed by atoms with E-state index in [1.807, 2.05) is 0 Å². The summed E-state index contributed by atoms with van der Waals surface area (Å²) in [4.78, 5) is 2.52. The van der Waals surface area contributed by atoms with Crippen molar-refractivity contribution in [3.8, 4) is 0 Å². The van der Waals surface area contributed by atoms with E-state index in [1.54, 1.807) is 0 Å². The van der Waals surface area contributed by atoms with Crippen LogP contribution in [0.3, 0.4) is 0 Å². The maximum absolute atomic E-state index is 5.85. The van der Waals surface area contributed by atoms with Crippen molar-refractivity contribution in [1.82, 2.24) is 4.90 Å². The van der Waals surface area contributed by atoms with Gasteiger partial charge in [0.15, 0.2) is 0 Å². The minimum atomic E-state index is 0.396. The molecular weight excluding hydrogens is 226 g/mol. The first-order valence-corrected chi connectivity index (χ1v) is 6.89. The van der Waals surface area contributed by atoms with E-state index in [0.29, 0.717) is 12.2 Å². The first-order valence-electron chi connectivity index (χ1n) is 6.89. The Hall–Kier alpha value is -0.900. The van der Waals surface area contributed by atoms with Crippen molar-refractivity contribution in [2.24, 2.45) is 0 Å². The molecule has 0 aliphatic carbocycles. The minimum absolute atomic E-state index is 0.396. The Balaban J connectivity index is 1.39. The molecule has 2 aliphatic heterocycles. The highest BCUT2D eigenvalue weighted by Gasteiger charge is 2.26. The molecule has 3 rings (SSSR count). The van der Waals surface area contributed by atoms with Crippen molar-refractivity contribution in [1.29, 1.82) is 0 Å². The van der Waals surface area contributed by atoms with Crippen LogP contribution in [0.5, 0.6) is 0 Å². The van der Waals surface area contributed by atoms with E-state index in [9.17, 15) is 0 Å². The molecule has 3 heteroatoms. The number of hydrogen-bond acceptors (Lipinski definition) is 3. The van der Waals surface area contributed by atoms with Crippen molar-refractivity contribution in [3.05, 3.63) is 35.9 Å². The summed E-state index contributed by atoms with van der Waals surface area (Å²) >= 11 is 0. The highest BCUT2D eigenvalue weighted by atomic mass is 16.6. The van der Waals surface area contributed by atoms with E-state index in [4.69, 9.17) is 9.47 Å². The Morgan fingerprint density at radius 2 is 1.89 bits per heavy atom. The van der Waals surface area contributed by atoms with Gasteiger partial charge in [-0.2, -0.15) is 0 Å². The second kappa shape index (κ2) is 5.83. The van der Waals surface area contributed by atoms with E-state index >= 15 is 0 Å². The molecule has 0 spiro atoms. The number of piperidine rings is 1. The molecule has 1 unspecified atom stereocenters. The highest BCUT2D eigenvalue weighted by molar-refractivity contribution is 5.14. The standard InChI is InChI=1S/C15H21NO2/c1-2-4-13(5-3-1)10-16-8-6-14(7-9-16)17-11-15-12-18-15/h1-5,14-15H,6-12H2. The Labute approximate surface area is 109 Å². The number of nitrogens with zero attached hydrogens (tertiary/aromatic N) is 1. The zero-order valence-electron chi connectivity index (χ0n) is 10.8. The maximum Gasteiger partial charge on any atom is 0.104 e. The fourth-order valence-electron chi connectivity index (χ4n) is 2.48. The topological polar surface area (TPSA) is 25.0 Å². The number of likely N-dealkylation sites (tertiary alicyclic amines) is 1. The molecule has 3 nitrogen and oxygen atoms in total. The molecule has 0 amide bonds. The molecule has 0 saturated carbocycles. The fourth-order valence-corrected chi connectivity index (χ4v) is 2.48. The third-order valence-electron chi connectivity index (χ3n) is 3.70. The van der Waals surface area contributed by atoms with Gasteiger partial charge in [-0.15, -0.1) is 0 Å². The van der Waals surface area contributed by atoms with Gasteiger partial charge < -0.3 is 9.47 Å². The molecule has 1 atom stereocenters. The average molecular weight is 247 g/mol. The third kappa shape index (κ3) is 3.55. The summed E-state index contributed by atoms with van der Waals surface area (Å²) in [7, 11) is 0. The SMILES string of the molecule is c1ccc(CN2CCC(OCC3CO3)CC2)cc1. The van der Waals surface area contributed by atoms with E-state index in [0.717, 1.165) is 45.7 Å². The molecular formula is C15H21NO2. The van der Waals surface area contributed by atoms with Crippen LogP contribution >= 0.6 is 0 Å². The van der Waals surface area contributed by atoms with Gasteiger partial charge in [0.2, 0.25) is 0 Å². The van der Waals surface area contributed by atoms with Crippen molar-refractivity contribution in [2.75, 3.05) is 26.3 Å². The third-order valence-corrected chi connectivity index (χ3v) is 3.70. The second-order valence-electron chi connectivity index (χ2n) is 5.25. The van der Waals surface area contributed by atoms with Gasteiger partial charge in [-0.25, -0.2) is 0 Å². The van der Waals surface area contributed by atoms with E-state index in [-0.39, 0.29) is 0 Å². The van der Waals surface area contributed by atoms with Gasteiger partial charge in [-0.05, 0) is 18.4 Å². The molecule has 0 N–H and O–H groups in total. The van der Waals surface area contributed by atoms with Gasteiger partial charge in [0.05, 0.1) is 19.3 Å². The summed E-state index contributed by atoms with van der Waals surface area (Å²) in [5.74, 6) is 0. The highest BCUT2D eigenvalue weighted by Crippen LogP contribution is 2.18. The minimum Gasteiger partial charge on any atom is -0.375 e. The number of hydrogen-bond donors (Lipinski definition) is 0. The van der Waals surface area contributed by atoms with Gasteiger partial charge in [-0.3, -0.25) is 4.90 Å². The van der Waals surface area contributed by atoms with Gasteiger partial charge >= 0.3 is 0 Å². The zero-order valence-corrected chi connectivity index (χ0v) is 10.8. The van der Waals surface area contributed by atoms with Gasteiger partial charge in [0.25, 0.3) is 0 Å². The van der Waals surface area contributed by atoms with E-state index < -0.39 is 0 Å². The Morgan fingerprint density at radius 3 is 2.56 bits per heavy atom. The lowest BCUT2D eigenvalue weighted by Gasteiger charge is -2.31. The molecule has 0 bridgehead atoms. The van der Waals surface area contributed by atoms with E-state index in [2.05, 4.69) is 35.2 Å². The monoisotopic (exact) mass is 247 g/mol. The van der Waals surface area contributed by atoms with Crippen LogP contribution in [0.25, 0.3) is 0 Å². The Bertz CT molecular complexity index is 356. The smallest absolute Gasteiger partial charge is 0.104 e. The summed E-state index contributed by atoms with van der Waals surface area (Å²) in [5.41, 5.74) is 1.41. The van der Waals surface area contributed by atoms with Gasteiger partial charge in [0, 0.05) is 19.6 Å². The summed E-state index contributed by atoms with van der Waals surface area (Å²) in [6.45, 7) is 5.05. The molecule has 98 valence electrons. The molecule has 18 heavy (non-hydrogen) atoms. The Kier molecular flexibility index (Phi) is 3.93. The van der Waals surface area contributed by atoms with Crippen LogP contribution in [0.2, 0.25) is 0 Å².